The van der Waals surface area contributed by atoms with E-state index in [1.807, 2.05) is 13.8 Å². The molecule has 1 amide bonds. The van der Waals surface area contributed by atoms with Crippen molar-refractivity contribution in [3.8, 4) is 0 Å². The van der Waals surface area contributed by atoms with E-state index in [4.69, 9.17) is 0 Å². The van der Waals surface area contributed by atoms with Gasteiger partial charge in [0.25, 0.3) is 5.91 Å². The Labute approximate surface area is 169 Å². The minimum absolute atomic E-state index is 0.0291. The van der Waals surface area contributed by atoms with Gasteiger partial charge in [0.1, 0.15) is 0 Å². The molecule has 2 N–H and O–H groups in total. The summed E-state index contributed by atoms with van der Waals surface area (Å²) in [5.41, 5.74) is 0.551. The molecule has 0 spiro atoms. The Kier molecular flexibility index (Phi) is 7.12. The monoisotopic (exact) mass is 408 g/mol. The SMILES string of the molecule is CCN(CC)S(=O)(=O)c1cccc(NC(=O)C[NH+]2CCC[C@@H]3CCCC[C@@H]32)c1. The number of sulfonamides is 1. The molecule has 1 unspecified atom stereocenters. The number of piperidine rings is 1. The molecular weight excluding hydrogens is 374 g/mol. The standard InChI is InChI=1S/C21H33N3O3S/c1-3-24(4-2)28(26,27)19-12-7-11-18(15-19)22-21(25)16-23-14-8-10-17-9-5-6-13-20(17)23/h7,11-12,15,17,20H,3-6,8-10,13-14,16H2,1-2H3,(H,22,25)/p+1/t17-,20-/m0/s1. The highest BCUT2D eigenvalue weighted by Crippen LogP contribution is 2.28. The number of quaternary nitrogens is 1. The van der Waals surface area contributed by atoms with Crippen LogP contribution in [0.1, 0.15) is 52.4 Å². The number of hydrogen-bond donors (Lipinski definition) is 2. The molecule has 1 aliphatic carbocycles. The second-order valence-electron chi connectivity index (χ2n) is 8.04. The summed E-state index contributed by atoms with van der Waals surface area (Å²) in [4.78, 5) is 14.3. The Morgan fingerprint density at radius 3 is 2.61 bits per heavy atom. The molecule has 1 aromatic carbocycles. The number of rotatable bonds is 7. The zero-order chi connectivity index (χ0) is 20.1. The quantitative estimate of drug-likeness (QED) is 0.724. The third kappa shape index (κ3) is 4.75. The van der Waals surface area contributed by atoms with Gasteiger partial charge in [0, 0.05) is 24.7 Å². The van der Waals surface area contributed by atoms with E-state index in [-0.39, 0.29) is 10.8 Å². The number of carbonyl (C=O) groups is 1. The first-order chi connectivity index (χ1) is 13.5. The highest BCUT2D eigenvalue weighted by Gasteiger charge is 2.37. The van der Waals surface area contributed by atoms with E-state index >= 15 is 0 Å². The van der Waals surface area contributed by atoms with Gasteiger partial charge in [-0.2, -0.15) is 4.31 Å². The van der Waals surface area contributed by atoms with Crippen molar-refractivity contribution in [3.63, 3.8) is 0 Å². The van der Waals surface area contributed by atoms with Gasteiger partial charge in [0.05, 0.1) is 17.5 Å². The highest BCUT2D eigenvalue weighted by atomic mass is 32.2. The molecule has 2 aliphatic rings. The fraction of sp³-hybridized carbons (Fsp3) is 0.667. The van der Waals surface area contributed by atoms with Gasteiger partial charge in [-0.05, 0) is 50.3 Å². The van der Waals surface area contributed by atoms with E-state index in [0.29, 0.717) is 31.4 Å². The van der Waals surface area contributed by atoms with Crippen molar-refractivity contribution >= 4 is 21.6 Å². The normalized spacial score (nSPS) is 25.3. The number of likely N-dealkylation sites (tertiary alicyclic amines) is 1. The Hall–Kier alpha value is -1.44. The summed E-state index contributed by atoms with van der Waals surface area (Å²) in [6.45, 7) is 6.03. The lowest BCUT2D eigenvalue weighted by Crippen LogP contribution is -3.18. The maximum Gasteiger partial charge on any atom is 0.279 e. The van der Waals surface area contributed by atoms with Crippen LogP contribution in [0.15, 0.2) is 29.2 Å². The average Bonchev–Trinajstić information content (AvgIpc) is 2.69. The molecule has 0 bridgehead atoms. The number of benzene rings is 1. The third-order valence-electron chi connectivity index (χ3n) is 6.35. The zero-order valence-electron chi connectivity index (χ0n) is 17.1. The molecule has 1 saturated heterocycles. The number of amides is 1. The van der Waals surface area contributed by atoms with Crippen molar-refractivity contribution in [3.05, 3.63) is 24.3 Å². The predicted octanol–water partition coefficient (Wildman–Crippen LogP) is 1.89. The first-order valence-corrected chi connectivity index (χ1v) is 12.1. The maximum atomic E-state index is 12.7. The summed E-state index contributed by atoms with van der Waals surface area (Å²) < 4.78 is 26.9. The summed E-state index contributed by atoms with van der Waals surface area (Å²) in [6, 6.07) is 7.22. The number of carbonyl (C=O) groups excluding carboxylic acids is 1. The first kappa shape index (κ1) is 21.3. The predicted molar refractivity (Wildman–Crippen MR) is 111 cm³/mol. The first-order valence-electron chi connectivity index (χ1n) is 10.7. The van der Waals surface area contributed by atoms with Gasteiger partial charge in [-0.25, -0.2) is 8.42 Å². The molecule has 3 atom stereocenters. The Morgan fingerprint density at radius 1 is 1.14 bits per heavy atom. The van der Waals surface area contributed by atoms with Crippen LogP contribution in [0.3, 0.4) is 0 Å². The minimum atomic E-state index is -3.53. The second-order valence-corrected chi connectivity index (χ2v) is 9.98. The van der Waals surface area contributed by atoms with Gasteiger partial charge in [-0.3, -0.25) is 4.79 Å². The number of anilines is 1. The van der Waals surface area contributed by atoms with Crippen molar-refractivity contribution < 1.29 is 18.1 Å². The number of hydrogen-bond acceptors (Lipinski definition) is 3. The summed E-state index contributed by atoms with van der Waals surface area (Å²) >= 11 is 0. The fourth-order valence-corrected chi connectivity index (χ4v) is 6.45. The average molecular weight is 409 g/mol. The molecule has 0 radical (unpaired) electrons. The third-order valence-corrected chi connectivity index (χ3v) is 8.40. The molecule has 0 aromatic heterocycles. The number of nitrogens with zero attached hydrogens (tertiary/aromatic N) is 1. The maximum absolute atomic E-state index is 12.7. The molecule has 1 heterocycles. The van der Waals surface area contributed by atoms with Crippen LogP contribution in [-0.4, -0.2) is 50.9 Å². The van der Waals surface area contributed by atoms with Crippen LogP contribution in [0.4, 0.5) is 5.69 Å². The molecule has 1 aromatic rings. The van der Waals surface area contributed by atoms with Crippen molar-refractivity contribution in [2.24, 2.45) is 5.92 Å². The van der Waals surface area contributed by atoms with Crippen molar-refractivity contribution in [1.82, 2.24) is 4.31 Å². The molecule has 2 fully saturated rings. The molecule has 3 rings (SSSR count). The topological polar surface area (TPSA) is 70.9 Å². The van der Waals surface area contributed by atoms with Crippen LogP contribution in [0.5, 0.6) is 0 Å². The van der Waals surface area contributed by atoms with E-state index in [1.54, 1.807) is 24.3 Å². The van der Waals surface area contributed by atoms with Crippen LogP contribution in [0, 0.1) is 5.92 Å². The summed E-state index contributed by atoms with van der Waals surface area (Å²) in [7, 11) is -3.53. The van der Waals surface area contributed by atoms with E-state index < -0.39 is 10.0 Å². The Morgan fingerprint density at radius 2 is 1.86 bits per heavy atom. The summed E-state index contributed by atoms with van der Waals surface area (Å²) in [6.07, 6.45) is 7.64. The van der Waals surface area contributed by atoms with Gasteiger partial charge >= 0.3 is 0 Å². The van der Waals surface area contributed by atoms with E-state index in [2.05, 4.69) is 5.32 Å². The van der Waals surface area contributed by atoms with Gasteiger partial charge in [0.15, 0.2) is 6.54 Å². The van der Waals surface area contributed by atoms with Gasteiger partial charge in [-0.15, -0.1) is 0 Å². The summed E-state index contributed by atoms with van der Waals surface area (Å²) in [5.74, 6) is 0.742. The molecule has 156 valence electrons. The molecular formula is C21H34N3O3S+. The second kappa shape index (κ2) is 9.37. The van der Waals surface area contributed by atoms with Crippen LogP contribution in [-0.2, 0) is 14.8 Å². The highest BCUT2D eigenvalue weighted by molar-refractivity contribution is 7.89. The lowest BCUT2D eigenvalue weighted by Gasteiger charge is -2.40. The van der Waals surface area contributed by atoms with Crippen LogP contribution < -0.4 is 10.2 Å². The molecule has 7 heteroatoms. The van der Waals surface area contributed by atoms with Crippen LogP contribution in [0.25, 0.3) is 0 Å². The van der Waals surface area contributed by atoms with Gasteiger partial charge in [-0.1, -0.05) is 26.3 Å². The molecule has 6 nitrogen and oxygen atoms in total. The number of fused-ring (bicyclic) bond motifs is 1. The largest absolute Gasteiger partial charge is 0.324 e. The zero-order valence-corrected chi connectivity index (χ0v) is 17.9. The van der Waals surface area contributed by atoms with E-state index in [1.165, 1.54) is 47.7 Å². The Balaban J connectivity index is 1.66. The smallest absolute Gasteiger partial charge is 0.279 e. The van der Waals surface area contributed by atoms with Crippen LogP contribution in [0.2, 0.25) is 0 Å². The van der Waals surface area contributed by atoms with Crippen molar-refractivity contribution in [1.29, 1.82) is 0 Å². The summed E-state index contributed by atoms with van der Waals surface area (Å²) in [5, 5.41) is 2.93. The van der Waals surface area contributed by atoms with Gasteiger partial charge < -0.3 is 10.2 Å². The van der Waals surface area contributed by atoms with Gasteiger partial charge in [0.2, 0.25) is 10.0 Å². The lowest BCUT2D eigenvalue weighted by atomic mass is 9.78. The van der Waals surface area contributed by atoms with Crippen LogP contribution >= 0.6 is 0 Å². The fourth-order valence-electron chi connectivity index (χ4n) is 4.95. The van der Waals surface area contributed by atoms with Crippen molar-refractivity contribution in [2.75, 3.05) is 31.5 Å². The molecule has 1 aliphatic heterocycles. The Bertz CT molecular complexity index is 775. The van der Waals surface area contributed by atoms with E-state index in [9.17, 15) is 13.2 Å². The molecule has 1 saturated carbocycles. The lowest BCUT2D eigenvalue weighted by molar-refractivity contribution is -0.928. The van der Waals surface area contributed by atoms with Crippen molar-refractivity contribution in [2.45, 2.75) is 63.3 Å². The molecule has 28 heavy (non-hydrogen) atoms. The number of nitrogens with one attached hydrogen (secondary N) is 2. The van der Waals surface area contributed by atoms with E-state index in [0.717, 1.165) is 12.5 Å². The minimum Gasteiger partial charge on any atom is -0.324 e.